The third-order valence-corrected chi connectivity index (χ3v) is 6.31. The van der Waals surface area contributed by atoms with Gasteiger partial charge in [0.2, 0.25) is 0 Å². The lowest BCUT2D eigenvalue weighted by atomic mass is 10.2. The molecule has 1 aliphatic carbocycles. The maximum absolute atomic E-state index is 12.6. The van der Waals surface area contributed by atoms with Gasteiger partial charge in [-0.1, -0.05) is 12.1 Å². The summed E-state index contributed by atoms with van der Waals surface area (Å²) in [7, 11) is -3.08. The molecule has 1 heterocycles. The highest BCUT2D eigenvalue weighted by Gasteiger charge is 2.42. The van der Waals surface area contributed by atoms with Gasteiger partial charge in [0.25, 0.3) is 5.91 Å². The van der Waals surface area contributed by atoms with Crippen molar-refractivity contribution in [3.63, 3.8) is 0 Å². The second kappa shape index (κ2) is 7.65. The molecular formula is C18H23NO6S. The first kappa shape index (κ1) is 18.7. The van der Waals surface area contributed by atoms with E-state index in [1.807, 2.05) is 6.92 Å². The average molecular weight is 381 g/mol. The Kier molecular flexibility index (Phi) is 5.50. The van der Waals surface area contributed by atoms with E-state index in [1.54, 1.807) is 29.2 Å². The van der Waals surface area contributed by atoms with Crippen molar-refractivity contribution < 1.29 is 27.5 Å². The first-order chi connectivity index (χ1) is 12.4. The van der Waals surface area contributed by atoms with Crippen molar-refractivity contribution in [3.8, 4) is 5.75 Å². The van der Waals surface area contributed by atoms with Crippen molar-refractivity contribution in [2.45, 2.75) is 38.3 Å². The molecule has 1 amide bonds. The fourth-order valence-electron chi connectivity index (χ4n) is 3.25. The molecule has 1 saturated heterocycles. The van der Waals surface area contributed by atoms with Crippen LogP contribution in [0.5, 0.6) is 5.75 Å². The van der Waals surface area contributed by atoms with Gasteiger partial charge in [-0.05, 0) is 38.3 Å². The average Bonchev–Trinajstić information content (AvgIpc) is 3.37. The third kappa shape index (κ3) is 4.35. The first-order valence-electron chi connectivity index (χ1n) is 8.82. The fourth-order valence-corrected chi connectivity index (χ4v) is 4.96. The highest BCUT2D eigenvalue weighted by Crippen LogP contribution is 2.32. The van der Waals surface area contributed by atoms with E-state index in [0.29, 0.717) is 18.8 Å². The lowest BCUT2D eigenvalue weighted by Crippen LogP contribution is -2.44. The highest BCUT2D eigenvalue weighted by atomic mass is 32.2. The quantitative estimate of drug-likeness (QED) is 0.664. The number of sulfone groups is 1. The van der Waals surface area contributed by atoms with E-state index in [1.165, 1.54) is 0 Å². The van der Waals surface area contributed by atoms with Crippen molar-refractivity contribution >= 4 is 21.7 Å². The summed E-state index contributed by atoms with van der Waals surface area (Å²) in [5, 5.41) is 0. The number of hydrogen-bond acceptors (Lipinski definition) is 6. The van der Waals surface area contributed by atoms with Gasteiger partial charge in [-0.25, -0.2) is 13.2 Å². The SMILES string of the molecule is CCOc1ccccc1C(=O)OCC(=O)N(C1CC1)[C@H]1CCS(=O)(=O)C1. The molecule has 2 aliphatic rings. The minimum absolute atomic E-state index is 0.00361. The molecule has 7 nitrogen and oxygen atoms in total. The summed E-state index contributed by atoms with van der Waals surface area (Å²) in [4.78, 5) is 26.5. The molecule has 0 unspecified atom stereocenters. The Bertz CT molecular complexity index is 787. The smallest absolute Gasteiger partial charge is 0.342 e. The van der Waals surface area contributed by atoms with Crippen LogP contribution >= 0.6 is 0 Å². The van der Waals surface area contributed by atoms with Crippen molar-refractivity contribution in [1.82, 2.24) is 4.90 Å². The molecule has 1 aromatic carbocycles. The van der Waals surface area contributed by atoms with Gasteiger partial charge in [0.15, 0.2) is 16.4 Å². The molecule has 0 aromatic heterocycles. The molecule has 0 N–H and O–H groups in total. The van der Waals surface area contributed by atoms with E-state index in [9.17, 15) is 18.0 Å². The molecule has 1 aromatic rings. The standard InChI is InChI=1S/C18H23NO6S/c1-2-24-16-6-4-3-5-15(16)18(21)25-11-17(20)19(13-7-8-13)14-9-10-26(22,23)12-14/h3-6,13-14H,2,7-12H2,1H3/t14-/m0/s1. The Labute approximate surface area is 153 Å². The van der Waals surface area contributed by atoms with E-state index in [4.69, 9.17) is 9.47 Å². The van der Waals surface area contributed by atoms with Crippen LogP contribution in [0.1, 0.15) is 36.5 Å². The molecule has 0 spiro atoms. The predicted molar refractivity (Wildman–Crippen MR) is 94.8 cm³/mol. The summed E-state index contributed by atoms with van der Waals surface area (Å²) in [5.41, 5.74) is 0.267. The number of carbonyl (C=O) groups excluding carboxylic acids is 2. The number of rotatable bonds is 7. The Morgan fingerprint density at radius 2 is 1.88 bits per heavy atom. The topological polar surface area (TPSA) is 90.0 Å². The molecule has 0 bridgehead atoms. The van der Waals surface area contributed by atoms with Crippen molar-refractivity contribution in [3.05, 3.63) is 29.8 Å². The van der Waals surface area contributed by atoms with Crippen LogP contribution in [0.3, 0.4) is 0 Å². The Hall–Kier alpha value is -2.09. The van der Waals surface area contributed by atoms with Gasteiger partial charge in [0.05, 0.1) is 18.1 Å². The molecule has 0 radical (unpaired) electrons. The van der Waals surface area contributed by atoms with E-state index in [-0.39, 0.29) is 35.1 Å². The van der Waals surface area contributed by atoms with E-state index in [2.05, 4.69) is 0 Å². The second-order valence-electron chi connectivity index (χ2n) is 6.59. The summed E-state index contributed by atoms with van der Waals surface area (Å²) in [5.74, 6) is -0.450. The number of para-hydroxylation sites is 1. The van der Waals surface area contributed by atoms with Crippen molar-refractivity contribution in [2.24, 2.45) is 0 Å². The molecule has 8 heteroatoms. The largest absolute Gasteiger partial charge is 0.493 e. The van der Waals surface area contributed by atoms with Crippen LogP contribution in [-0.4, -0.2) is 62.0 Å². The van der Waals surface area contributed by atoms with Gasteiger partial charge in [-0.15, -0.1) is 0 Å². The van der Waals surface area contributed by atoms with Gasteiger partial charge in [-0.3, -0.25) is 4.79 Å². The fraction of sp³-hybridized carbons (Fsp3) is 0.556. The van der Waals surface area contributed by atoms with Crippen LogP contribution < -0.4 is 4.74 Å². The molecule has 1 aliphatic heterocycles. The summed E-state index contributed by atoms with van der Waals surface area (Å²) < 4.78 is 34.0. The van der Waals surface area contributed by atoms with Gasteiger partial charge in [-0.2, -0.15) is 0 Å². The Balaban J connectivity index is 1.63. The zero-order valence-electron chi connectivity index (χ0n) is 14.7. The first-order valence-corrected chi connectivity index (χ1v) is 10.6. The summed E-state index contributed by atoms with van der Waals surface area (Å²) in [6.07, 6.45) is 2.18. The number of amides is 1. The number of nitrogens with zero attached hydrogens (tertiary/aromatic N) is 1. The number of benzene rings is 1. The number of ether oxygens (including phenoxy) is 2. The molecule has 1 atom stereocenters. The van der Waals surface area contributed by atoms with Crippen LogP contribution in [0.15, 0.2) is 24.3 Å². The molecule has 142 valence electrons. The monoisotopic (exact) mass is 381 g/mol. The summed E-state index contributed by atoms with van der Waals surface area (Å²) in [6, 6.07) is 6.45. The normalized spacial score (nSPS) is 21.2. The van der Waals surface area contributed by atoms with Gasteiger partial charge >= 0.3 is 5.97 Å². The number of esters is 1. The van der Waals surface area contributed by atoms with Crippen molar-refractivity contribution in [1.29, 1.82) is 0 Å². The molecule has 26 heavy (non-hydrogen) atoms. The van der Waals surface area contributed by atoms with Crippen LogP contribution in [0, 0.1) is 0 Å². The maximum Gasteiger partial charge on any atom is 0.342 e. The lowest BCUT2D eigenvalue weighted by molar-refractivity contribution is -0.137. The molecule has 1 saturated carbocycles. The summed E-state index contributed by atoms with van der Waals surface area (Å²) >= 11 is 0. The minimum atomic E-state index is -3.08. The second-order valence-corrected chi connectivity index (χ2v) is 8.82. The Morgan fingerprint density at radius 3 is 2.50 bits per heavy atom. The minimum Gasteiger partial charge on any atom is -0.493 e. The van der Waals surface area contributed by atoms with Gasteiger partial charge in [0.1, 0.15) is 11.3 Å². The molecule has 3 rings (SSSR count). The zero-order valence-corrected chi connectivity index (χ0v) is 15.5. The van der Waals surface area contributed by atoms with E-state index < -0.39 is 22.4 Å². The number of carbonyl (C=O) groups is 2. The van der Waals surface area contributed by atoms with Crippen LogP contribution in [0.2, 0.25) is 0 Å². The van der Waals surface area contributed by atoms with E-state index >= 15 is 0 Å². The van der Waals surface area contributed by atoms with E-state index in [0.717, 1.165) is 12.8 Å². The lowest BCUT2D eigenvalue weighted by Gasteiger charge is -2.28. The van der Waals surface area contributed by atoms with Crippen LogP contribution in [0.25, 0.3) is 0 Å². The maximum atomic E-state index is 12.6. The molecular weight excluding hydrogens is 358 g/mol. The Morgan fingerprint density at radius 1 is 1.15 bits per heavy atom. The highest BCUT2D eigenvalue weighted by molar-refractivity contribution is 7.91. The zero-order chi connectivity index (χ0) is 18.7. The van der Waals surface area contributed by atoms with Crippen LogP contribution in [0.4, 0.5) is 0 Å². The van der Waals surface area contributed by atoms with Crippen LogP contribution in [-0.2, 0) is 19.4 Å². The molecule has 2 fully saturated rings. The number of hydrogen-bond donors (Lipinski definition) is 0. The van der Waals surface area contributed by atoms with Gasteiger partial charge < -0.3 is 14.4 Å². The van der Waals surface area contributed by atoms with Crippen molar-refractivity contribution in [2.75, 3.05) is 24.7 Å². The third-order valence-electron chi connectivity index (χ3n) is 4.56. The van der Waals surface area contributed by atoms with Gasteiger partial charge in [0, 0.05) is 12.1 Å². The predicted octanol–water partition coefficient (Wildman–Crippen LogP) is 1.42. The summed E-state index contributed by atoms with van der Waals surface area (Å²) in [6.45, 7) is 1.83.